The van der Waals surface area contributed by atoms with Crippen LogP contribution in [-0.2, 0) is 19.1 Å². The van der Waals surface area contributed by atoms with Gasteiger partial charge in [0.25, 0.3) is 6.29 Å². The van der Waals surface area contributed by atoms with E-state index in [1.807, 2.05) is 19.0 Å². The molecule has 46 heavy (non-hydrogen) atoms. The Morgan fingerprint density at radius 1 is 0.478 bits per heavy atom. The summed E-state index contributed by atoms with van der Waals surface area (Å²) < 4.78 is 11.1. The number of hydrogen-bond donors (Lipinski definition) is 0. The van der Waals surface area contributed by atoms with Crippen molar-refractivity contribution in [2.75, 3.05) is 20.6 Å². The van der Waals surface area contributed by atoms with Crippen molar-refractivity contribution in [1.82, 2.24) is 4.90 Å². The van der Waals surface area contributed by atoms with E-state index in [-0.39, 0.29) is 24.3 Å². The van der Waals surface area contributed by atoms with Gasteiger partial charge < -0.3 is 14.4 Å². The molecule has 5 nitrogen and oxygen atoms in total. The number of allylic oxidation sites excluding steroid dienone is 4. The van der Waals surface area contributed by atoms with Gasteiger partial charge in [0.05, 0.1) is 6.54 Å². The number of unbranched alkanes of at least 4 members (excludes halogenated alkanes) is 22. The number of hydrogen-bond acceptors (Lipinski definition) is 5. The Morgan fingerprint density at radius 2 is 0.761 bits per heavy atom. The van der Waals surface area contributed by atoms with E-state index in [0.717, 1.165) is 51.4 Å². The molecule has 6 heteroatoms. The number of ether oxygens (including phenoxy) is 2. The third-order valence-corrected chi connectivity index (χ3v) is 8.33. The first kappa shape index (κ1) is 46.8. The first-order chi connectivity index (χ1) is 22.0. The van der Waals surface area contributed by atoms with Crippen molar-refractivity contribution in [3.63, 3.8) is 0 Å². The lowest BCUT2D eigenvalue weighted by atomic mass is 10.1. The van der Waals surface area contributed by atoms with Crippen LogP contribution in [0, 0.1) is 0 Å². The molecule has 0 rings (SSSR count). The standard InChI is InChI=1S/C40H75NO4.ClH/c1-5-7-9-11-13-15-17-19-21-23-25-27-29-31-33-35-38(42)44-40(37-41(3)4)45-39(43)36-34-32-30-28-26-24-22-20-18-16-14-12-10-8-6-2;/h19-22,40H,5-18,23-37H2,1-4H3;1H. The first-order valence-electron chi connectivity index (χ1n) is 19.3. The van der Waals surface area contributed by atoms with Gasteiger partial charge in [-0.3, -0.25) is 9.59 Å². The number of halogens is 1. The Bertz CT molecular complexity index is 655. The molecule has 0 amide bonds. The quantitative estimate of drug-likeness (QED) is 0.0295. The van der Waals surface area contributed by atoms with Crippen molar-refractivity contribution in [2.45, 2.75) is 200 Å². The molecular weight excluding hydrogens is 594 g/mol. The average Bonchev–Trinajstić information content (AvgIpc) is 3.00. The molecule has 0 aromatic heterocycles. The first-order valence-corrected chi connectivity index (χ1v) is 19.3. The minimum Gasteiger partial charge on any atom is -0.424 e. The van der Waals surface area contributed by atoms with Gasteiger partial charge in [-0.05, 0) is 78.3 Å². The zero-order valence-electron chi connectivity index (χ0n) is 30.9. The number of nitrogens with zero attached hydrogens (tertiary/aromatic N) is 1. The maximum absolute atomic E-state index is 12.4. The number of rotatable bonds is 34. The second-order valence-corrected chi connectivity index (χ2v) is 13.3. The van der Waals surface area contributed by atoms with Gasteiger partial charge in [-0.2, -0.15) is 0 Å². The summed E-state index contributed by atoms with van der Waals surface area (Å²) >= 11 is 0. The molecule has 0 aliphatic carbocycles. The second kappa shape index (κ2) is 38.1. The molecule has 0 aliphatic heterocycles. The fraction of sp³-hybridized carbons (Fsp3) is 0.850. The fourth-order valence-corrected chi connectivity index (χ4v) is 5.49. The summed E-state index contributed by atoms with van der Waals surface area (Å²) in [7, 11) is 3.78. The Balaban J connectivity index is 0. The summed E-state index contributed by atoms with van der Waals surface area (Å²) in [5.74, 6) is -0.540. The van der Waals surface area contributed by atoms with Crippen LogP contribution < -0.4 is 0 Å². The summed E-state index contributed by atoms with van der Waals surface area (Å²) in [6.45, 7) is 4.91. The molecule has 0 unspecified atom stereocenters. The second-order valence-electron chi connectivity index (χ2n) is 13.3. The number of likely N-dealkylation sites (N-methyl/N-ethyl adjacent to an activating group) is 1. The van der Waals surface area contributed by atoms with Gasteiger partial charge in [-0.15, -0.1) is 12.4 Å². The number of carbonyl (C=O) groups is 2. The zero-order chi connectivity index (χ0) is 33.1. The monoisotopic (exact) mass is 670 g/mol. The largest absolute Gasteiger partial charge is 0.424 e. The van der Waals surface area contributed by atoms with Crippen molar-refractivity contribution < 1.29 is 19.1 Å². The minimum absolute atomic E-state index is 0. The van der Waals surface area contributed by atoms with Crippen LogP contribution in [-0.4, -0.2) is 43.8 Å². The van der Waals surface area contributed by atoms with E-state index >= 15 is 0 Å². The molecule has 0 saturated heterocycles. The molecular formula is C40H76ClNO4. The number of carbonyl (C=O) groups excluding carboxylic acids is 2. The van der Waals surface area contributed by atoms with Crippen LogP contribution in [0.5, 0.6) is 0 Å². The van der Waals surface area contributed by atoms with E-state index in [0.29, 0.717) is 19.4 Å². The van der Waals surface area contributed by atoms with Gasteiger partial charge in [0, 0.05) is 12.8 Å². The Hall–Kier alpha value is -1.33. The predicted molar refractivity (Wildman–Crippen MR) is 201 cm³/mol. The van der Waals surface area contributed by atoms with Crippen LogP contribution in [0.3, 0.4) is 0 Å². The van der Waals surface area contributed by atoms with E-state index in [1.54, 1.807) is 0 Å². The molecule has 0 aliphatic rings. The Morgan fingerprint density at radius 3 is 1.07 bits per heavy atom. The van der Waals surface area contributed by atoms with Gasteiger partial charge >= 0.3 is 11.9 Å². The van der Waals surface area contributed by atoms with Crippen molar-refractivity contribution in [3.05, 3.63) is 24.3 Å². The van der Waals surface area contributed by atoms with Crippen LogP contribution in [0.4, 0.5) is 0 Å². The van der Waals surface area contributed by atoms with Crippen molar-refractivity contribution in [2.24, 2.45) is 0 Å². The van der Waals surface area contributed by atoms with Gasteiger partial charge in [0.1, 0.15) is 0 Å². The smallest absolute Gasteiger partial charge is 0.308 e. The summed E-state index contributed by atoms with van der Waals surface area (Å²) in [5.41, 5.74) is 0. The summed E-state index contributed by atoms with van der Waals surface area (Å²) in [5, 5.41) is 0. The molecule has 0 spiro atoms. The molecule has 272 valence electrons. The molecule has 0 radical (unpaired) electrons. The van der Waals surface area contributed by atoms with Crippen molar-refractivity contribution in [3.8, 4) is 0 Å². The third-order valence-electron chi connectivity index (χ3n) is 8.33. The Kier molecular flexibility index (Phi) is 38.8. The average molecular weight is 671 g/mol. The normalized spacial score (nSPS) is 12.2. The number of esters is 2. The van der Waals surface area contributed by atoms with E-state index in [2.05, 4.69) is 38.2 Å². The van der Waals surface area contributed by atoms with Crippen LogP contribution in [0.25, 0.3) is 0 Å². The highest BCUT2D eigenvalue weighted by Crippen LogP contribution is 2.13. The summed E-state index contributed by atoms with van der Waals surface area (Å²) in [6.07, 6.45) is 41.2. The van der Waals surface area contributed by atoms with Crippen molar-refractivity contribution in [1.29, 1.82) is 0 Å². The lowest BCUT2D eigenvalue weighted by Crippen LogP contribution is -2.34. The SMILES string of the molecule is CCCCCCCCC=CCCCCCCCC(=O)OC(CN(C)C)OC(=O)CCCCCCCC=CCCCCCCCC.Cl. The zero-order valence-corrected chi connectivity index (χ0v) is 31.7. The lowest BCUT2D eigenvalue weighted by Gasteiger charge is -2.21. The summed E-state index contributed by atoms with van der Waals surface area (Å²) in [6, 6.07) is 0. The molecule has 0 aromatic rings. The molecule has 0 aromatic carbocycles. The van der Waals surface area contributed by atoms with Crippen LogP contribution in [0.15, 0.2) is 24.3 Å². The van der Waals surface area contributed by atoms with Gasteiger partial charge in [0.2, 0.25) is 0 Å². The lowest BCUT2D eigenvalue weighted by molar-refractivity contribution is -0.190. The van der Waals surface area contributed by atoms with Gasteiger partial charge in [-0.25, -0.2) is 0 Å². The van der Waals surface area contributed by atoms with Crippen molar-refractivity contribution >= 4 is 24.3 Å². The third kappa shape index (κ3) is 37.1. The predicted octanol–water partition coefficient (Wildman–Crippen LogP) is 12.5. The molecule has 0 fully saturated rings. The van der Waals surface area contributed by atoms with Gasteiger partial charge in [-0.1, -0.05) is 141 Å². The van der Waals surface area contributed by atoms with Gasteiger partial charge in [0.15, 0.2) is 0 Å². The molecule has 0 bridgehead atoms. The maximum atomic E-state index is 12.4. The van der Waals surface area contributed by atoms with E-state index in [1.165, 1.54) is 116 Å². The maximum Gasteiger partial charge on any atom is 0.308 e. The summed E-state index contributed by atoms with van der Waals surface area (Å²) in [4.78, 5) is 26.7. The van der Waals surface area contributed by atoms with E-state index in [9.17, 15) is 9.59 Å². The van der Waals surface area contributed by atoms with E-state index in [4.69, 9.17) is 9.47 Å². The van der Waals surface area contributed by atoms with Crippen LogP contribution in [0.1, 0.15) is 194 Å². The molecule has 0 N–H and O–H groups in total. The molecule has 0 atom stereocenters. The Labute approximate surface area is 292 Å². The minimum atomic E-state index is -0.828. The van der Waals surface area contributed by atoms with Crippen LogP contribution >= 0.6 is 12.4 Å². The molecule has 0 saturated carbocycles. The fourth-order valence-electron chi connectivity index (χ4n) is 5.49. The van der Waals surface area contributed by atoms with Crippen LogP contribution in [0.2, 0.25) is 0 Å². The highest BCUT2D eigenvalue weighted by atomic mass is 35.5. The van der Waals surface area contributed by atoms with E-state index < -0.39 is 6.29 Å². The highest BCUT2D eigenvalue weighted by Gasteiger charge is 2.19. The topological polar surface area (TPSA) is 55.8 Å². The molecule has 0 heterocycles. The highest BCUT2D eigenvalue weighted by molar-refractivity contribution is 5.85.